The molecule has 0 saturated carbocycles. The van der Waals surface area contributed by atoms with Crippen LogP contribution in [0.5, 0.6) is 0 Å². The third-order valence-corrected chi connectivity index (χ3v) is 4.68. The maximum absolute atomic E-state index is 12.4. The van der Waals surface area contributed by atoms with Gasteiger partial charge in [-0.3, -0.25) is 4.79 Å². The van der Waals surface area contributed by atoms with Crippen LogP contribution >= 0.6 is 0 Å². The SMILES string of the molecule is C[C@@H](CC#N)N(C)C(=O)Cc1ccc(S(=O)(=O)C(F)F)cc1. The highest BCUT2D eigenvalue weighted by molar-refractivity contribution is 7.91. The van der Waals surface area contributed by atoms with Crippen LogP contribution < -0.4 is 0 Å². The number of rotatable bonds is 6. The van der Waals surface area contributed by atoms with Crippen LogP contribution in [0.2, 0.25) is 0 Å². The van der Waals surface area contributed by atoms with Gasteiger partial charge in [0.2, 0.25) is 15.7 Å². The van der Waals surface area contributed by atoms with Gasteiger partial charge in [-0.15, -0.1) is 0 Å². The van der Waals surface area contributed by atoms with E-state index in [1.807, 2.05) is 6.07 Å². The lowest BCUT2D eigenvalue weighted by atomic mass is 10.1. The van der Waals surface area contributed by atoms with E-state index in [-0.39, 0.29) is 24.8 Å². The maximum atomic E-state index is 12.4. The van der Waals surface area contributed by atoms with Gasteiger partial charge in [-0.25, -0.2) is 8.42 Å². The van der Waals surface area contributed by atoms with E-state index in [2.05, 4.69) is 0 Å². The van der Waals surface area contributed by atoms with E-state index in [0.29, 0.717) is 5.56 Å². The standard InChI is InChI=1S/C14H16F2N2O3S/c1-10(7-8-17)18(2)13(19)9-11-3-5-12(6-4-11)22(20,21)14(15)16/h3-6,10,14H,7,9H2,1-2H3/t10-/m0/s1. The number of benzene rings is 1. The predicted octanol–water partition coefficient (Wildman–Crippen LogP) is 1.99. The molecule has 0 bridgehead atoms. The Balaban J connectivity index is 2.81. The Kier molecular flexibility index (Phi) is 6.00. The zero-order valence-corrected chi connectivity index (χ0v) is 13.0. The molecular weight excluding hydrogens is 314 g/mol. The molecule has 5 nitrogen and oxygen atoms in total. The Morgan fingerprint density at radius 2 is 1.86 bits per heavy atom. The Morgan fingerprint density at radius 3 is 2.32 bits per heavy atom. The summed E-state index contributed by atoms with van der Waals surface area (Å²) in [5.41, 5.74) is 0.509. The number of carbonyl (C=O) groups excluding carboxylic acids is 1. The molecule has 120 valence electrons. The molecule has 1 rings (SSSR count). The number of nitrogens with zero attached hydrogens (tertiary/aromatic N) is 2. The molecule has 0 saturated heterocycles. The van der Waals surface area contributed by atoms with E-state index >= 15 is 0 Å². The smallest absolute Gasteiger partial charge is 0.341 e. The minimum atomic E-state index is -4.62. The number of amides is 1. The third-order valence-electron chi connectivity index (χ3n) is 3.28. The van der Waals surface area contributed by atoms with Gasteiger partial charge in [0.25, 0.3) is 0 Å². The quantitative estimate of drug-likeness (QED) is 0.799. The van der Waals surface area contributed by atoms with Crippen molar-refractivity contribution in [3.63, 3.8) is 0 Å². The minimum absolute atomic E-state index is 0.00126. The van der Waals surface area contributed by atoms with Crippen molar-refractivity contribution in [2.24, 2.45) is 0 Å². The van der Waals surface area contributed by atoms with Crippen molar-refractivity contribution in [3.8, 4) is 6.07 Å². The number of halogens is 2. The van der Waals surface area contributed by atoms with E-state index in [0.717, 1.165) is 12.1 Å². The molecule has 0 fully saturated rings. The van der Waals surface area contributed by atoms with Crippen LogP contribution in [0.3, 0.4) is 0 Å². The van der Waals surface area contributed by atoms with E-state index < -0.39 is 20.5 Å². The van der Waals surface area contributed by atoms with Crippen molar-refractivity contribution in [2.45, 2.75) is 36.5 Å². The van der Waals surface area contributed by atoms with E-state index in [1.54, 1.807) is 14.0 Å². The average molecular weight is 330 g/mol. The lowest BCUT2D eigenvalue weighted by molar-refractivity contribution is -0.130. The molecule has 0 N–H and O–H groups in total. The molecule has 1 amide bonds. The van der Waals surface area contributed by atoms with Gasteiger partial charge in [-0.1, -0.05) is 12.1 Å². The van der Waals surface area contributed by atoms with E-state index in [9.17, 15) is 22.0 Å². The second-order valence-corrected chi connectivity index (χ2v) is 6.76. The molecular formula is C14H16F2N2O3S. The summed E-state index contributed by atoms with van der Waals surface area (Å²) in [5.74, 6) is -3.72. The second-order valence-electron chi connectivity index (χ2n) is 4.84. The largest absolute Gasteiger partial charge is 0.342 e. The van der Waals surface area contributed by atoms with Crippen molar-refractivity contribution in [3.05, 3.63) is 29.8 Å². The van der Waals surface area contributed by atoms with Crippen molar-refractivity contribution in [2.75, 3.05) is 7.05 Å². The van der Waals surface area contributed by atoms with Gasteiger partial charge in [-0.05, 0) is 24.6 Å². The zero-order valence-electron chi connectivity index (χ0n) is 12.2. The number of sulfone groups is 1. The number of hydrogen-bond acceptors (Lipinski definition) is 4. The second kappa shape index (κ2) is 7.31. The van der Waals surface area contributed by atoms with Crippen LogP contribution in [0, 0.1) is 11.3 Å². The Bertz CT molecular complexity index is 666. The van der Waals surface area contributed by atoms with Crippen molar-refractivity contribution >= 4 is 15.7 Å². The number of nitriles is 1. The molecule has 1 aromatic carbocycles. The highest BCUT2D eigenvalue weighted by atomic mass is 32.2. The summed E-state index contributed by atoms with van der Waals surface area (Å²) in [6.45, 7) is 1.74. The molecule has 1 aromatic rings. The summed E-state index contributed by atoms with van der Waals surface area (Å²) < 4.78 is 47.4. The van der Waals surface area contributed by atoms with Gasteiger partial charge >= 0.3 is 5.76 Å². The fraction of sp³-hybridized carbons (Fsp3) is 0.429. The lowest BCUT2D eigenvalue weighted by Gasteiger charge is -2.23. The molecule has 0 radical (unpaired) electrons. The maximum Gasteiger partial charge on any atom is 0.341 e. The van der Waals surface area contributed by atoms with Crippen LogP contribution in [-0.4, -0.2) is 38.1 Å². The summed E-state index contributed by atoms with van der Waals surface area (Å²) in [4.78, 5) is 12.9. The molecule has 0 aromatic heterocycles. The van der Waals surface area contributed by atoms with Crippen molar-refractivity contribution in [1.82, 2.24) is 4.90 Å². The number of alkyl halides is 2. The first-order chi connectivity index (χ1) is 10.2. The summed E-state index contributed by atoms with van der Waals surface area (Å²) in [6, 6.07) is 6.51. The molecule has 22 heavy (non-hydrogen) atoms. The van der Waals surface area contributed by atoms with Crippen LogP contribution in [0.25, 0.3) is 0 Å². The predicted molar refractivity (Wildman–Crippen MR) is 75.8 cm³/mol. The molecule has 0 heterocycles. The first-order valence-corrected chi connectivity index (χ1v) is 7.98. The Hall–Kier alpha value is -2.01. The molecule has 0 unspecified atom stereocenters. The fourth-order valence-corrected chi connectivity index (χ4v) is 2.44. The number of hydrogen-bond donors (Lipinski definition) is 0. The third kappa shape index (κ3) is 4.24. The molecule has 0 aliphatic heterocycles. The fourth-order valence-electron chi connectivity index (χ4n) is 1.71. The minimum Gasteiger partial charge on any atom is -0.342 e. The summed E-state index contributed by atoms with van der Waals surface area (Å²) in [6.07, 6.45) is 0.203. The van der Waals surface area contributed by atoms with E-state index in [1.165, 1.54) is 17.0 Å². The van der Waals surface area contributed by atoms with Crippen molar-refractivity contribution in [1.29, 1.82) is 5.26 Å². The summed E-state index contributed by atoms with van der Waals surface area (Å²) in [5, 5.41) is 8.60. The van der Waals surface area contributed by atoms with Crippen LogP contribution in [0.15, 0.2) is 29.2 Å². The van der Waals surface area contributed by atoms with Crippen molar-refractivity contribution < 1.29 is 22.0 Å². The monoisotopic (exact) mass is 330 g/mol. The van der Waals surface area contributed by atoms with Gasteiger partial charge in [-0.2, -0.15) is 14.0 Å². The van der Waals surface area contributed by atoms with E-state index in [4.69, 9.17) is 5.26 Å². The molecule has 0 aliphatic carbocycles. The van der Waals surface area contributed by atoms with Crippen LogP contribution in [0.1, 0.15) is 18.9 Å². The highest BCUT2D eigenvalue weighted by Crippen LogP contribution is 2.19. The average Bonchev–Trinajstić information content (AvgIpc) is 2.47. The highest BCUT2D eigenvalue weighted by Gasteiger charge is 2.26. The first-order valence-electron chi connectivity index (χ1n) is 6.43. The van der Waals surface area contributed by atoms with Gasteiger partial charge in [0.05, 0.1) is 23.8 Å². The molecule has 0 spiro atoms. The van der Waals surface area contributed by atoms with Gasteiger partial charge in [0.15, 0.2) is 0 Å². The molecule has 0 aliphatic rings. The molecule has 8 heteroatoms. The number of likely N-dealkylation sites (N-methyl/N-ethyl adjacent to an activating group) is 1. The Labute approximate surface area is 128 Å². The Morgan fingerprint density at radius 1 is 1.32 bits per heavy atom. The number of carbonyl (C=O) groups is 1. The lowest BCUT2D eigenvalue weighted by Crippen LogP contribution is -2.35. The normalized spacial score (nSPS) is 12.7. The first kappa shape index (κ1) is 18.0. The zero-order chi connectivity index (χ0) is 16.9. The van der Waals surface area contributed by atoms with Crippen LogP contribution in [0.4, 0.5) is 8.78 Å². The van der Waals surface area contributed by atoms with Gasteiger partial charge in [0, 0.05) is 13.1 Å². The van der Waals surface area contributed by atoms with Gasteiger partial charge in [0.1, 0.15) is 0 Å². The van der Waals surface area contributed by atoms with Crippen LogP contribution in [-0.2, 0) is 21.1 Å². The topological polar surface area (TPSA) is 78.2 Å². The molecule has 1 atom stereocenters. The van der Waals surface area contributed by atoms with Gasteiger partial charge < -0.3 is 4.90 Å². The summed E-state index contributed by atoms with van der Waals surface area (Å²) in [7, 11) is -3.05. The summed E-state index contributed by atoms with van der Waals surface area (Å²) >= 11 is 0.